The van der Waals surface area contributed by atoms with Gasteiger partial charge in [-0.2, -0.15) is 0 Å². The first-order valence-corrected chi connectivity index (χ1v) is 9.84. The van der Waals surface area contributed by atoms with Gasteiger partial charge in [0.25, 0.3) is 5.56 Å². The summed E-state index contributed by atoms with van der Waals surface area (Å²) in [4.78, 5) is 30.5. The monoisotopic (exact) mass is 406 g/mol. The number of rotatable bonds is 5. The van der Waals surface area contributed by atoms with Crippen LogP contribution in [-0.4, -0.2) is 18.7 Å². The first-order chi connectivity index (χ1) is 12.9. The molecule has 0 unspecified atom stereocenters. The van der Waals surface area contributed by atoms with Crippen LogP contribution in [0.25, 0.3) is 16.9 Å². The zero-order chi connectivity index (χ0) is 19.3. The summed E-state index contributed by atoms with van der Waals surface area (Å²) < 4.78 is 4.49. The van der Waals surface area contributed by atoms with Crippen molar-refractivity contribution in [2.24, 2.45) is 13.0 Å². The number of benzene rings is 1. The van der Waals surface area contributed by atoms with Crippen molar-refractivity contribution in [3.63, 3.8) is 0 Å². The third-order valence-electron chi connectivity index (χ3n) is 5.15. The third-order valence-corrected chi connectivity index (χ3v) is 5.69. The molecule has 3 aromatic rings. The average Bonchev–Trinajstić information content (AvgIpc) is 3.39. The molecule has 2 aromatic heterocycles. The molecule has 6 nitrogen and oxygen atoms in total. The zero-order valence-electron chi connectivity index (χ0n) is 15.2. The minimum Gasteiger partial charge on any atom is -0.322 e. The molecule has 0 saturated heterocycles. The molecule has 1 aliphatic carbocycles. The number of nitrogens with zero attached hydrogens (tertiary/aromatic N) is 4. The van der Waals surface area contributed by atoms with E-state index in [0.717, 1.165) is 29.3 Å². The molecule has 1 aliphatic rings. The number of hydrogen-bond acceptors (Lipinski definition) is 3. The molecule has 4 rings (SSSR count). The van der Waals surface area contributed by atoms with Crippen LogP contribution in [0.2, 0.25) is 10.0 Å². The summed E-state index contributed by atoms with van der Waals surface area (Å²) in [5, 5.41) is 0.803. The molecule has 27 heavy (non-hydrogen) atoms. The van der Waals surface area contributed by atoms with Crippen molar-refractivity contribution in [1.82, 2.24) is 18.7 Å². The van der Waals surface area contributed by atoms with Gasteiger partial charge in [0, 0.05) is 25.0 Å². The second-order valence-corrected chi connectivity index (χ2v) is 7.86. The standard InChI is InChI=1S/C19H20Cl2N4O2/c1-3-15-22-17-16(24(15)9-8-11-4-5-11)18(26)23(2)19(27)25(17)14-7-6-12(20)10-13(14)21/h6-7,10-11H,3-5,8-9H2,1-2H3. The van der Waals surface area contributed by atoms with E-state index in [1.54, 1.807) is 18.2 Å². The largest absolute Gasteiger partial charge is 0.337 e. The van der Waals surface area contributed by atoms with Gasteiger partial charge in [-0.1, -0.05) is 43.0 Å². The van der Waals surface area contributed by atoms with Crippen molar-refractivity contribution < 1.29 is 0 Å². The Kier molecular flexibility index (Phi) is 4.64. The van der Waals surface area contributed by atoms with E-state index in [9.17, 15) is 9.59 Å². The summed E-state index contributed by atoms with van der Waals surface area (Å²) in [5.74, 6) is 1.53. The fourth-order valence-electron chi connectivity index (χ4n) is 3.45. The lowest BCUT2D eigenvalue weighted by Gasteiger charge is -2.12. The Balaban J connectivity index is 2.04. The van der Waals surface area contributed by atoms with Gasteiger partial charge in [0.05, 0.1) is 10.7 Å². The first-order valence-electron chi connectivity index (χ1n) is 9.09. The predicted molar refractivity (Wildman–Crippen MR) is 107 cm³/mol. The van der Waals surface area contributed by atoms with Gasteiger partial charge in [-0.05, 0) is 30.5 Å². The van der Waals surface area contributed by atoms with Crippen molar-refractivity contribution in [2.75, 3.05) is 0 Å². The summed E-state index contributed by atoms with van der Waals surface area (Å²) in [7, 11) is 1.48. The predicted octanol–water partition coefficient (Wildman–Crippen LogP) is 3.56. The van der Waals surface area contributed by atoms with Crippen LogP contribution < -0.4 is 11.2 Å². The van der Waals surface area contributed by atoms with Gasteiger partial charge >= 0.3 is 5.69 Å². The highest BCUT2D eigenvalue weighted by Crippen LogP contribution is 2.33. The van der Waals surface area contributed by atoms with Crippen LogP contribution in [0.1, 0.15) is 32.0 Å². The molecule has 0 radical (unpaired) electrons. The molecule has 0 amide bonds. The van der Waals surface area contributed by atoms with Crippen LogP contribution in [0, 0.1) is 5.92 Å². The summed E-state index contributed by atoms with van der Waals surface area (Å²) in [6.07, 6.45) is 4.18. The van der Waals surface area contributed by atoms with Crippen molar-refractivity contribution in [3.05, 3.63) is 54.9 Å². The third kappa shape index (κ3) is 3.11. The van der Waals surface area contributed by atoms with E-state index in [4.69, 9.17) is 23.2 Å². The molecule has 2 heterocycles. The number of hydrogen-bond donors (Lipinski definition) is 0. The van der Waals surface area contributed by atoms with Crippen molar-refractivity contribution in [3.8, 4) is 5.69 Å². The summed E-state index contributed by atoms with van der Waals surface area (Å²) in [6.45, 7) is 2.73. The Morgan fingerprint density at radius 2 is 1.96 bits per heavy atom. The molecular formula is C19H20Cl2N4O2. The molecule has 1 saturated carbocycles. The topological polar surface area (TPSA) is 61.8 Å². The quantitative estimate of drug-likeness (QED) is 0.650. The molecular weight excluding hydrogens is 387 g/mol. The maximum Gasteiger partial charge on any atom is 0.337 e. The number of halogens is 2. The summed E-state index contributed by atoms with van der Waals surface area (Å²) in [5.41, 5.74) is 0.437. The maximum atomic E-state index is 12.9. The summed E-state index contributed by atoms with van der Waals surface area (Å²) in [6, 6.07) is 4.91. The van der Waals surface area contributed by atoms with Crippen LogP contribution in [0.15, 0.2) is 27.8 Å². The minimum absolute atomic E-state index is 0.329. The average molecular weight is 407 g/mol. The number of aromatic nitrogens is 4. The second kappa shape index (κ2) is 6.84. The number of fused-ring (bicyclic) bond motifs is 1. The Morgan fingerprint density at radius 1 is 1.22 bits per heavy atom. The Hall–Kier alpha value is -2.05. The SMILES string of the molecule is CCc1nc2c(c(=O)n(C)c(=O)n2-c2ccc(Cl)cc2Cl)n1CCC1CC1. The smallest absolute Gasteiger partial charge is 0.322 e. The highest BCUT2D eigenvalue weighted by molar-refractivity contribution is 6.35. The molecule has 0 aliphatic heterocycles. The van der Waals surface area contributed by atoms with Crippen LogP contribution in [-0.2, 0) is 20.0 Å². The lowest BCUT2D eigenvalue weighted by atomic mass is 10.3. The Bertz CT molecular complexity index is 1160. The van der Waals surface area contributed by atoms with Gasteiger partial charge in [-0.3, -0.25) is 9.36 Å². The van der Waals surface area contributed by atoms with Gasteiger partial charge in [0.1, 0.15) is 5.82 Å². The van der Waals surface area contributed by atoms with E-state index in [1.165, 1.54) is 24.5 Å². The fourth-order valence-corrected chi connectivity index (χ4v) is 3.94. The van der Waals surface area contributed by atoms with Gasteiger partial charge in [0.2, 0.25) is 0 Å². The van der Waals surface area contributed by atoms with E-state index >= 15 is 0 Å². The Labute approximate surface area is 166 Å². The highest BCUT2D eigenvalue weighted by atomic mass is 35.5. The molecule has 1 fully saturated rings. The number of imidazole rings is 1. The number of aryl methyl sites for hydroxylation is 2. The van der Waals surface area contributed by atoms with Gasteiger partial charge in [0.15, 0.2) is 11.2 Å². The molecule has 0 bridgehead atoms. The minimum atomic E-state index is -0.480. The molecule has 0 N–H and O–H groups in total. The van der Waals surface area contributed by atoms with Crippen molar-refractivity contribution >= 4 is 34.4 Å². The van der Waals surface area contributed by atoms with E-state index in [0.29, 0.717) is 33.3 Å². The summed E-state index contributed by atoms with van der Waals surface area (Å²) >= 11 is 12.4. The van der Waals surface area contributed by atoms with E-state index in [1.807, 2.05) is 11.5 Å². The first kappa shape index (κ1) is 18.3. The van der Waals surface area contributed by atoms with E-state index in [2.05, 4.69) is 4.98 Å². The molecule has 0 spiro atoms. The van der Waals surface area contributed by atoms with Crippen LogP contribution in [0.5, 0.6) is 0 Å². The normalized spacial score (nSPS) is 14.2. The molecule has 0 atom stereocenters. The lowest BCUT2D eigenvalue weighted by Crippen LogP contribution is -2.38. The van der Waals surface area contributed by atoms with Crippen LogP contribution >= 0.6 is 23.2 Å². The lowest BCUT2D eigenvalue weighted by molar-refractivity contribution is 0.585. The maximum absolute atomic E-state index is 12.9. The second-order valence-electron chi connectivity index (χ2n) is 7.02. The van der Waals surface area contributed by atoms with Crippen molar-refractivity contribution in [1.29, 1.82) is 0 Å². The molecule has 1 aromatic carbocycles. The van der Waals surface area contributed by atoms with Gasteiger partial charge in [-0.25, -0.2) is 14.3 Å². The van der Waals surface area contributed by atoms with Gasteiger partial charge in [-0.15, -0.1) is 0 Å². The van der Waals surface area contributed by atoms with E-state index < -0.39 is 5.69 Å². The Morgan fingerprint density at radius 3 is 2.59 bits per heavy atom. The fraction of sp³-hybridized carbons (Fsp3) is 0.421. The van der Waals surface area contributed by atoms with Crippen LogP contribution in [0.3, 0.4) is 0 Å². The highest BCUT2D eigenvalue weighted by Gasteiger charge is 2.25. The zero-order valence-corrected chi connectivity index (χ0v) is 16.7. The van der Waals surface area contributed by atoms with Crippen molar-refractivity contribution in [2.45, 2.75) is 39.2 Å². The van der Waals surface area contributed by atoms with E-state index in [-0.39, 0.29) is 5.56 Å². The van der Waals surface area contributed by atoms with Crippen LogP contribution in [0.4, 0.5) is 0 Å². The molecule has 142 valence electrons. The molecule has 8 heteroatoms. The van der Waals surface area contributed by atoms with Gasteiger partial charge < -0.3 is 4.57 Å².